The van der Waals surface area contributed by atoms with E-state index in [0.29, 0.717) is 32.5 Å². The van der Waals surface area contributed by atoms with Crippen molar-refractivity contribution in [2.75, 3.05) is 20.2 Å². The summed E-state index contributed by atoms with van der Waals surface area (Å²) in [4.78, 5) is 25.5. The first kappa shape index (κ1) is 17.5. The molecule has 24 heavy (non-hydrogen) atoms. The van der Waals surface area contributed by atoms with Gasteiger partial charge >= 0.3 is 5.97 Å². The topological polar surface area (TPSA) is 82.4 Å². The number of benzene rings is 1. The van der Waals surface area contributed by atoms with Gasteiger partial charge in [-0.25, -0.2) is 0 Å². The molecule has 0 aromatic heterocycles. The molecular weight excluding hydrogens is 306 g/mol. The first-order valence-electron chi connectivity index (χ1n) is 7.90. The number of hydrogen-bond acceptors (Lipinski definition) is 5. The zero-order chi connectivity index (χ0) is 17.4. The first-order valence-corrected chi connectivity index (χ1v) is 7.90. The van der Waals surface area contributed by atoms with Gasteiger partial charge in [-0.15, -0.1) is 0 Å². The van der Waals surface area contributed by atoms with E-state index >= 15 is 0 Å². The molecule has 1 aliphatic heterocycles. The number of amides is 1. The third-order valence-electron chi connectivity index (χ3n) is 4.04. The zero-order valence-corrected chi connectivity index (χ0v) is 13.7. The number of rotatable bonds is 5. The van der Waals surface area contributed by atoms with Crippen molar-refractivity contribution in [2.24, 2.45) is 5.92 Å². The molecule has 0 radical (unpaired) electrons. The fourth-order valence-electron chi connectivity index (χ4n) is 2.63. The van der Waals surface area contributed by atoms with E-state index < -0.39 is 5.91 Å². The quantitative estimate of drug-likeness (QED) is 0.504. The third-order valence-corrected chi connectivity index (χ3v) is 4.04. The van der Waals surface area contributed by atoms with Crippen molar-refractivity contribution in [3.05, 3.63) is 47.7 Å². The Hall–Kier alpha value is -2.81. The van der Waals surface area contributed by atoms with Crippen molar-refractivity contribution in [1.82, 2.24) is 10.2 Å². The van der Waals surface area contributed by atoms with Crippen LogP contribution >= 0.6 is 0 Å². The average Bonchev–Trinajstić information content (AvgIpc) is 2.64. The van der Waals surface area contributed by atoms with Crippen molar-refractivity contribution in [2.45, 2.75) is 19.4 Å². The summed E-state index contributed by atoms with van der Waals surface area (Å²) in [5.41, 5.74) is 1.05. The minimum Gasteiger partial charge on any atom is -0.469 e. The largest absolute Gasteiger partial charge is 0.469 e. The molecule has 0 saturated carbocycles. The number of piperidine rings is 1. The second-order valence-corrected chi connectivity index (χ2v) is 5.66. The van der Waals surface area contributed by atoms with E-state index in [0.717, 1.165) is 5.56 Å². The van der Waals surface area contributed by atoms with Gasteiger partial charge in [0.1, 0.15) is 11.6 Å². The molecule has 0 spiro atoms. The molecule has 1 heterocycles. The average molecular weight is 327 g/mol. The minimum atomic E-state index is -0.392. The molecule has 0 unspecified atom stereocenters. The Morgan fingerprint density at radius 1 is 1.33 bits per heavy atom. The Bertz CT molecular complexity index is 641. The molecule has 126 valence electrons. The molecule has 1 saturated heterocycles. The van der Waals surface area contributed by atoms with Crippen molar-refractivity contribution in [1.29, 1.82) is 5.26 Å². The van der Waals surface area contributed by atoms with Crippen LogP contribution in [0.3, 0.4) is 0 Å². The summed E-state index contributed by atoms with van der Waals surface area (Å²) < 4.78 is 4.75. The van der Waals surface area contributed by atoms with Gasteiger partial charge in [-0.05, 0) is 18.4 Å². The van der Waals surface area contributed by atoms with Crippen molar-refractivity contribution < 1.29 is 14.3 Å². The van der Waals surface area contributed by atoms with Crippen LogP contribution in [0, 0.1) is 17.2 Å². The number of ether oxygens (including phenoxy) is 1. The Labute approximate surface area is 141 Å². The predicted octanol–water partition coefficient (Wildman–Crippen LogP) is 1.60. The summed E-state index contributed by atoms with van der Waals surface area (Å²) in [7, 11) is 1.39. The van der Waals surface area contributed by atoms with Gasteiger partial charge in [-0.3, -0.25) is 9.59 Å². The number of nitrogens with zero attached hydrogens (tertiary/aromatic N) is 2. The highest BCUT2D eigenvalue weighted by atomic mass is 16.5. The van der Waals surface area contributed by atoms with Crippen LogP contribution in [0.1, 0.15) is 18.4 Å². The Balaban J connectivity index is 1.89. The number of hydrogen-bond donors (Lipinski definition) is 1. The van der Waals surface area contributed by atoms with Crippen LogP contribution in [0.5, 0.6) is 0 Å². The summed E-state index contributed by atoms with van der Waals surface area (Å²) in [5, 5.41) is 12.0. The van der Waals surface area contributed by atoms with E-state index in [2.05, 4.69) is 5.32 Å². The van der Waals surface area contributed by atoms with E-state index in [9.17, 15) is 14.9 Å². The summed E-state index contributed by atoms with van der Waals surface area (Å²) in [6.45, 7) is 1.62. The lowest BCUT2D eigenvalue weighted by Crippen LogP contribution is -2.34. The maximum absolute atomic E-state index is 12.1. The van der Waals surface area contributed by atoms with E-state index in [1.54, 1.807) is 6.20 Å². The molecule has 1 fully saturated rings. The molecule has 0 aliphatic carbocycles. The van der Waals surface area contributed by atoms with Crippen molar-refractivity contribution in [3.63, 3.8) is 0 Å². The molecule has 0 bridgehead atoms. The van der Waals surface area contributed by atoms with Gasteiger partial charge < -0.3 is 15.0 Å². The van der Waals surface area contributed by atoms with E-state index in [1.807, 2.05) is 41.3 Å². The van der Waals surface area contributed by atoms with Gasteiger partial charge in [0.15, 0.2) is 0 Å². The predicted molar refractivity (Wildman–Crippen MR) is 88.3 cm³/mol. The number of esters is 1. The summed E-state index contributed by atoms with van der Waals surface area (Å²) >= 11 is 0. The van der Waals surface area contributed by atoms with Gasteiger partial charge in [0.05, 0.1) is 13.0 Å². The van der Waals surface area contributed by atoms with E-state index in [4.69, 9.17) is 4.74 Å². The van der Waals surface area contributed by atoms with Gasteiger partial charge in [0, 0.05) is 25.8 Å². The number of methoxy groups -OCH3 is 1. The van der Waals surface area contributed by atoms with E-state index in [-0.39, 0.29) is 17.5 Å². The maximum atomic E-state index is 12.1. The standard InChI is InChI=1S/C18H21N3O3/c1-24-18(23)15-7-9-21(10-8-15)13-16(11-19)17(22)20-12-14-5-3-2-4-6-14/h2-6,13,15H,7-10,12H2,1H3,(H,20,22)/b16-13+. The molecule has 0 atom stereocenters. The number of carbonyl (C=O) groups is 2. The molecule has 6 nitrogen and oxygen atoms in total. The highest BCUT2D eigenvalue weighted by Gasteiger charge is 2.25. The summed E-state index contributed by atoms with van der Waals surface area (Å²) in [6.07, 6.45) is 2.90. The normalized spacial score (nSPS) is 15.5. The van der Waals surface area contributed by atoms with Crippen LogP contribution in [-0.4, -0.2) is 37.0 Å². The fourth-order valence-corrected chi connectivity index (χ4v) is 2.63. The van der Waals surface area contributed by atoms with Crippen molar-refractivity contribution >= 4 is 11.9 Å². The lowest BCUT2D eigenvalue weighted by Gasteiger charge is -2.29. The van der Waals surface area contributed by atoms with Crippen LogP contribution in [0.2, 0.25) is 0 Å². The number of likely N-dealkylation sites (tertiary alicyclic amines) is 1. The molecule has 1 aromatic rings. The maximum Gasteiger partial charge on any atom is 0.308 e. The van der Waals surface area contributed by atoms with Crippen LogP contribution in [-0.2, 0) is 20.9 Å². The second kappa shape index (κ2) is 8.73. The van der Waals surface area contributed by atoms with Gasteiger partial charge in [-0.1, -0.05) is 30.3 Å². The number of nitrogens with one attached hydrogen (secondary N) is 1. The molecular formula is C18H21N3O3. The molecule has 1 aliphatic rings. The lowest BCUT2D eigenvalue weighted by atomic mass is 9.97. The number of nitriles is 1. The monoisotopic (exact) mass is 327 g/mol. The highest BCUT2D eigenvalue weighted by molar-refractivity contribution is 5.97. The summed E-state index contributed by atoms with van der Waals surface area (Å²) in [5.74, 6) is -0.687. The lowest BCUT2D eigenvalue weighted by molar-refractivity contribution is -0.146. The molecule has 1 amide bonds. The molecule has 2 rings (SSSR count). The molecule has 1 aromatic carbocycles. The first-order chi connectivity index (χ1) is 11.6. The Kier molecular flexibility index (Phi) is 6.38. The van der Waals surface area contributed by atoms with Crippen LogP contribution in [0.4, 0.5) is 0 Å². The fraction of sp³-hybridized carbons (Fsp3) is 0.389. The van der Waals surface area contributed by atoms with Gasteiger partial charge in [0.25, 0.3) is 5.91 Å². The molecule has 1 N–H and O–H groups in total. The second-order valence-electron chi connectivity index (χ2n) is 5.66. The summed E-state index contributed by atoms with van der Waals surface area (Å²) in [6, 6.07) is 11.5. The SMILES string of the molecule is COC(=O)C1CCN(/C=C(\C#N)C(=O)NCc2ccccc2)CC1. The minimum absolute atomic E-state index is 0.0717. The van der Waals surface area contributed by atoms with Crippen LogP contribution in [0.15, 0.2) is 42.1 Å². The number of carbonyl (C=O) groups excluding carboxylic acids is 2. The van der Waals surface area contributed by atoms with Gasteiger partial charge in [-0.2, -0.15) is 5.26 Å². The highest BCUT2D eigenvalue weighted by Crippen LogP contribution is 2.19. The Morgan fingerprint density at radius 2 is 2.00 bits per heavy atom. The third kappa shape index (κ3) is 4.85. The molecule has 6 heteroatoms. The van der Waals surface area contributed by atoms with E-state index in [1.165, 1.54) is 7.11 Å². The zero-order valence-electron chi connectivity index (χ0n) is 13.7. The Morgan fingerprint density at radius 3 is 2.58 bits per heavy atom. The van der Waals surface area contributed by atoms with Gasteiger partial charge in [0.2, 0.25) is 0 Å². The van der Waals surface area contributed by atoms with Crippen LogP contribution < -0.4 is 5.32 Å². The smallest absolute Gasteiger partial charge is 0.308 e. The van der Waals surface area contributed by atoms with Crippen molar-refractivity contribution in [3.8, 4) is 6.07 Å². The van der Waals surface area contributed by atoms with Crippen LogP contribution in [0.25, 0.3) is 0 Å².